The zero-order valence-electron chi connectivity index (χ0n) is 16.0. The highest BCUT2D eigenvalue weighted by atomic mass is 16.2. The molecule has 29 heavy (non-hydrogen) atoms. The number of carbonyl (C=O) groups excluding carboxylic acids is 1. The van der Waals surface area contributed by atoms with E-state index in [4.69, 9.17) is 5.73 Å². The molecule has 0 aliphatic heterocycles. The average Bonchev–Trinajstić information content (AvgIpc) is 3.28. The lowest BCUT2D eigenvalue weighted by Gasteiger charge is -2.11. The van der Waals surface area contributed by atoms with Gasteiger partial charge in [0.05, 0.1) is 17.7 Å². The number of aromatic nitrogens is 3. The van der Waals surface area contributed by atoms with Crippen molar-refractivity contribution >= 4 is 28.3 Å². The normalized spacial score (nSPS) is 24.7. The van der Waals surface area contributed by atoms with Crippen molar-refractivity contribution in [3.05, 3.63) is 42.4 Å². The minimum absolute atomic E-state index is 0.0106. The molecule has 7 heteroatoms. The first-order valence-corrected chi connectivity index (χ1v) is 9.74. The molecule has 7 nitrogen and oxygen atoms in total. The van der Waals surface area contributed by atoms with Crippen LogP contribution in [0.3, 0.4) is 0 Å². The lowest BCUT2D eigenvalue weighted by Crippen LogP contribution is -2.19. The number of nitrogens with zero attached hydrogens (tertiary/aromatic N) is 4. The van der Waals surface area contributed by atoms with Crippen LogP contribution in [0.4, 0.5) is 11.6 Å². The van der Waals surface area contributed by atoms with Crippen LogP contribution in [-0.4, -0.2) is 20.9 Å². The van der Waals surface area contributed by atoms with Crippen molar-refractivity contribution in [2.24, 2.45) is 23.7 Å². The van der Waals surface area contributed by atoms with E-state index >= 15 is 0 Å². The molecule has 0 saturated heterocycles. The topological polar surface area (TPSA) is 118 Å². The summed E-state index contributed by atoms with van der Waals surface area (Å²) >= 11 is 0. The molecule has 0 bridgehead atoms. The summed E-state index contributed by atoms with van der Waals surface area (Å²) in [6.45, 7) is 2.00. The molecule has 1 unspecified atom stereocenters. The quantitative estimate of drug-likeness (QED) is 0.715. The molecule has 3 aromatic heterocycles. The fraction of sp³-hybridized carbons (Fsp3) is 0.318. The largest absolute Gasteiger partial charge is 0.383 e. The van der Waals surface area contributed by atoms with Crippen LogP contribution in [0.2, 0.25) is 0 Å². The van der Waals surface area contributed by atoms with E-state index in [1.165, 1.54) is 0 Å². The third-order valence-corrected chi connectivity index (χ3v) is 6.28. The highest BCUT2D eigenvalue weighted by Gasteiger charge is 2.61. The number of nitriles is 1. The Labute approximate surface area is 168 Å². The van der Waals surface area contributed by atoms with E-state index in [2.05, 4.69) is 26.3 Å². The Kier molecular flexibility index (Phi) is 3.95. The molecule has 2 saturated carbocycles. The molecule has 1 amide bonds. The van der Waals surface area contributed by atoms with E-state index in [1.807, 2.05) is 25.1 Å². The molecule has 2 fully saturated rings. The highest BCUT2D eigenvalue weighted by Crippen LogP contribution is 2.60. The van der Waals surface area contributed by atoms with Gasteiger partial charge in [0.25, 0.3) is 0 Å². The fourth-order valence-corrected chi connectivity index (χ4v) is 4.73. The molecule has 0 radical (unpaired) electrons. The lowest BCUT2D eigenvalue weighted by molar-refractivity contribution is -0.118. The summed E-state index contributed by atoms with van der Waals surface area (Å²) in [5.74, 6) is 1.33. The summed E-state index contributed by atoms with van der Waals surface area (Å²) in [6, 6.07) is 8.02. The Morgan fingerprint density at radius 2 is 2.17 bits per heavy atom. The van der Waals surface area contributed by atoms with Gasteiger partial charge in [0.2, 0.25) is 5.91 Å². The first kappa shape index (κ1) is 17.6. The zero-order chi connectivity index (χ0) is 20.1. The maximum Gasteiger partial charge on any atom is 0.229 e. The number of hydrogen-bond donors (Lipinski definition) is 2. The number of fused-ring (bicyclic) bond motifs is 2. The number of nitrogen functional groups attached to an aromatic ring is 1. The summed E-state index contributed by atoms with van der Waals surface area (Å²) in [6.07, 6.45) is 7.02. The van der Waals surface area contributed by atoms with E-state index in [1.54, 1.807) is 18.6 Å². The number of nitrogens with one attached hydrogen (secondary N) is 1. The van der Waals surface area contributed by atoms with Crippen molar-refractivity contribution in [1.82, 2.24) is 15.0 Å². The third kappa shape index (κ3) is 2.88. The monoisotopic (exact) mass is 384 g/mol. The van der Waals surface area contributed by atoms with Gasteiger partial charge in [-0.15, -0.1) is 0 Å². The van der Waals surface area contributed by atoms with Crippen LogP contribution in [0, 0.1) is 41.9 Å². The Balaban J connectivity index is 1.44. The van der Waals surface area contributed by atoms with Crippen LogP contribution in [0.5, 0.6) is 0 Å². The Bertz CT molecular complexity index is 1180. The van der Waals surface area contributed by atoms with Crippen molar-refractivity contribution in [2.75, 3.05) is 11.1 Å². The molecular formula is C22H20N6O. The van der Waals surface area contributed by atoms with Gasteiger partial charge in [0, 0.05) is 35.5 Å². The fourth-order valence-electron chi connectivity index (χ4n) is 4.73. The first-order chi connectivity index (χ1) is 14.1. The van der Waals surface area contributed by atoms with Crippen LogP contribution in [0.25, 0.3) is 22.0 Å². The van der Waals surface area contributed by atoms with Gasteiger partial charge in [-0.25, -0.2) is 9.97 Å². The molecule has 0 spiro atoms. The summed E-state index contributed by atoms with van der Waals surface area (Å²) in [4.78, 5) is 25.7. The van der Waals surface area contributed by atoms with Crippen molar-refractivity contribution < 1.29 is 4.79 Å². The van der Waals surface area contributed by atoms with E-state index in [-0.39, 0.29) is 23.7 Å². The third-order valence-electron chi connectivity index (χ3n) is 6.28. The second kappa shape index (κ2) is 6.52. The molecule has 3 N–H and O–H groups in total. The van der Waals surface area contributed by atoms with Gasteiger partial charge in [-0.05, 0) is 60.7 Å². The van der Waals surface area contributed by atoms with E-state index < -0.39 is 0 Å². The maximum absolute atomic E-state index is 12.7. The molecule has 0 aromatic carbocycles. The molecule has 144 valence electrons. The number of amides is 1. The van der Waals surface area contributed by atoms with Gasteiger partial charge < -0.3 is 11.1 Å². The van der Waals surface area contributed by atoms with Crippen LogP contribution >= 0.6 is 0 Å². The van der Waals surface area contributed by atoms with Crippen molar-refractivity contribution in [3.63, 3.8) is 0 Å². The summed E-state index contributed by atoms with van der Waals surface area (Å²) < 4.78 is 0. The second-order valence-corrected chi connectivity index (χ2v) is 7.94. The Hall–Kier alpha value is -3.53. The van der Waals surface area contributed by atoms with Crippen molar-refractivity contribution in [1.29, 1.82) is 5.26 Å². The molecule has 2 aliphatic carbocycles. The van der Waals surface area contributed by atoms with Gasteiger partial charge >= 0.3 is 0 Å². The number of nitrogens with two attached hydrogens (primary N) is 1. The van der Waals surface area contributed by atoms with E-state index in [0.717, 1.165) is 40.4 Å². The number of hydrogen-bond acceptors (Lipinski definition) is 6. The highest BCUT2D eigenvalue weighted by molar-refractivity contribution is 5.98. The smallest absolute Gasteiger partial charge is 0.229 e. The van der Waals surface area contributed by atoms with Crippen molar-refractivity contribution in [3.8, 4) is 17.3 Å². The summed E-state index contributed by atoms with van der Waals surface area (Å²) in [5.41, 5.74) is 8.86. The second-order valence-electron chi connectivity index (χ2n) is 7.94. The zero-order valence-corrected chi connectivity index (χ0v) is 16.0. The molecule has 2 aliphatic rings. The number of anilines is 2. The number of rotatable bonds is 3. The summed E-state index contributed by atoms with van der Waals surface area (Å²) in [7, 11) is 0. The van der Waals surface area contributed by atoms with Gasteiger partial charge in [-0.1, -0.05) is 0 Å². The predicted octanol–water partition coefficient (Wildman–Crippen LogP) is 3.32. The molecule has 4 atom stereocenters. The van der Waals surface area contributed by atoms with Crippen molar-refractivity contribution in [2.45, 2.75) is 19.8 Å². The molecule has 3 heterocycles. The Morgan fingerprint density at radius 3 is 2.97 bits per heavy atom. The minimum atomic E-state index is -0.0676. The van der Waals surface area contributed by atoms with Crippen LogP contribution < -0.4 is 11.1 Å². The average molecular weight is 384 g/mol. The van der Waals surface area contributed by atoms with Crippen LogP contribution in [0.15, 0.2) is 36.8 Å². The van der Waals surface area contributed by atoms with Gasteiger partial charge in [0.1, 0.15) is 11.6 Å². The Morgan fingerprint density at radius 1 is 1.31 bits per heavy atom. The number of aryl methyl sites for hydroxylation is 1. The summed E-state index contributed by atoms with van der Waals surface area (Å²) in [5, 5.41) is 13.7. The molecule has 5 rings (SSSR count). The van der Waals surface area contributed by atoms with Gasteiger partial charge in [0.15, 0.2) is 0 Å². The van der Waals surface area contributed by atoms with Crippen LogP contribution in [-0.2, 0) is 4.79 Å². The SMILES string of the molecule is Cc1ccncc1-c1cc2cc(NC(=O)C3[C@H]4[C@H](C#N)CC[C@@H]34)ncc2c(N)n1. The number of pyridine rings is 3. The van der Waals surface area contributed by atoms with Crippen LogP contribution in [0.1, 0.15) is 18.4 Å². The number of carbonyl (C=O) groups is 1. The maximum atomic E-state index is 12.7. The minimum Gasteiger partial charge on any atom is -0.383 e. The standard InChI is InChI=1S/C22H20N6O/c1-11-4-5-25-9-15(11)17-6-13-7-18(26-10-16(13)21(24)27-17)28-22(29)20-14-3-2-12(8-23)19(14)20/h4-7,9-10,12,14,19-20H,2-3H2,1H3,(H2,24,27)(H,26,28,29)/t12-,14+,19-,20?/m0/s1. The van der Waals surface area contributed by atoms with Gasteiger partial charge in [-0.2, -0.15) is 5.26 Å². The predicted molar refractivity (Wildman–Crippen MR) is 109 cm³/mol. The van der Waals surface area contributed by atoms with E-state index in [9.17, 15) is 10.1 Å². The molecular weight excluding hydrogens is 364 g/mol. The lowest BCUT2D eigenvalue weighted by atomic mass is 10.0. The first-order valence-electron chi connectivity index (χ1n) is 9.74. The van der Waals surface area contributed by atoms with E-state index in [0.29, 0.717) is 17.6 Å². The van der Waals surface area contributed by atoms with Gasteiger partial charge in [-0.3, -0.25) is 9.78 Å². The molecule has 3 aromatic rings.